The number of carbonyl (C=O) groups excluding carboxylic acids is 2. The molecule has 0 bridgehead atoms. The van der Waals surface area contributed by atoms with Gasteiger partial charge in [0.1, 0.15) is 5.69 Å². The van der Waals surface area contributed by atoms with Crippen LogP contribution in [0.1, 0.15) is 20.8 Å². The van der Waals surface area contributed by atoms with Crippen LogP contribution in [-0.2, 0) is 9.47 Å². The van der Waals surface area contributed by atoms with Crippen LogP contribution in [0.5, 0.6) is 0 Å². The lowest BCUT2D eigenvalue weighted by Crippen LogP contribution is -2.09. The third-order valence-corrected chi connectivity index (χ3v) is 2.81. The number of rotatable bonds is 2. The van der Waals surface area contributed by atoms with Gasteiger partial charge < -0.3 is 9.47 Å². The van der Waals surface area contributed by atoms with Gasteiger partial charge in [-0.05, 0) is 18.2 Å². The molecule has 6 heteroatoms. The molecule has 0 aliphatic carbocycles. The molecule has 0 saturated carbocycles. The average Bonchev–Trinajstić information content (AvgIpc) is 2.43. The molecule has 19 heavy (non-hydrogen) atoms. The van der Waals surface area contributed by atoms with E-state index >= 15 is 0 Å². The van der Waals surface area contributed by atoms with E-state index in [-0.39, 0.29) is 11.3 Å². The second kappa shape index (κ2) is 5.24. The van der Waals surface area contributed by atoms with Crippen molar-refractivity contribution in [2.45, 2.75) is 0 Å². The highest BCUT2D eigenvalue weighted by Crippen LogP contribution is 2.23. The van der Waals surface area contributed by atoms with Gasteiger partial charge in [-0.1, -0.05) is 17.7 Å². The van der Waals surface area contributed by atoms with Gasteiger partial charge in [0.2, 0.25) is 0 Å². The molecule has 0 amide bonds. The monoisotopic (exact) mass is 279 g/mol. The van der Waals surface area contributed by atoms with E-state index in [0.29, 0.717) is 15.9 Å². The van der Waals surface area contributed by atoms with Gasteiger partial charge in [0, 0.05) is 10.4 Å². The summed E-state index contributed by atoms with van der Waals surface area (Å²) in [5, 5.41) is 1.02. The summed E-state index contributed by atoms with van der Waals surface area (Å²) in [4.78, 5) is 27.4. The van der Waals surface area contributed by atoms with Crippen LogP contribution in [0.3, 0.4) is 0 Å². The molecule has 5 nitrogen and oxygen atoms in total. The fraction of sp³-hybridized carbons (Fsp3) is 0.154. The number of aromatic nitrogens is 1. The second-order valence-electron chi connectivity index (χ2n) is 3.70. The van der Waals surface area contributed by atoms with Gasteiger partial charge in [0.15, 0.2) is 0 Å². The van der Waals surface area contributed by atoms with Crippen molar-refractivity contribution in [3.8, 4) is 0 Å². The summed E-state index contributed by atoms with van der Waals surface area (Å²) in [5.41, 5.74) is 0.693. The largest absolute Gasteiger partial charge is 0.465 e. The predicted molar refractivity (Wildman–Crippen MR) is 69.4 cm³/mol. The summed E-state index contributed by atoms with van der Waals surface area (Å²) >= 11 is 5.88. The maximum atomic E-state index is 11.7. The molecule has 0 unspecified atom stereocenters. The third-order valence-electron chi connectivity index (χ3n) is 2.57. The number of esters is 2. The van der Waals surface area contributed by atoms with Crippen LogP contribution >= 0.6 is 11.6 Å². The molecule has 1 aromatic heterocycles. The van der Waals surface area contributed by atoms with Crippen LogP contribution in [0.4, 0.5) is 0 Å². The van der Waals surface area contributed by atoms with E-state index in [1.807, 2.05) is 0 Å². The van der Waals surface area contributed by atoms with Crippen LogP contribution in [0.15, 0.2) is 24.3 Å². The second-order valence-corrected chi connectivity index (χ2v) is 4.14. The Labute approximate surface area is 114 Å². The number of carbonyl (C=O) groups is 2. The van der Waals surface area contributed by atoms with E-state index in [1.54, 1.807) is 18.2 Å². The summed E-state index contributed by atoms with van der Waals surface area (Å²) in [7, 11) is 2.51. The normalized spacial score (nSPS) is 10.3. The standard InChI is InChI=1S/C13H10ClNO4/c1-18-12(16)9-6-11(13(17)19-2)15-10-5-7(14)3-4-8(9)10/h3-6H,1-2H3. The van der Waals surface area contributed by atoms with Crippen molar-refractivity contribution in [3.63, 3.8) is 0 Å². The van der Waals surface area contributed by atoms with Gasteiger partial charge >= 0.3 is 11.9 Å². The third kappa shape index (κ3) is 2.51. The first-order chi connectivity index (χ1) is 9.06. The fourth-order valence-corrected chi connectivity index (χ4v) is 1.86. The maximum Gasteiger partial charge on any atom is 0.356 e. The zero-order chi connectivity index (χ0) is 14.0. The lowest BCUT2D eigenvalue weighted by molar-refractivity contribution is 0.0594. The molecule has 0 spiro atoms. The van der Waals surface area contributed by atoms with E-state index in [9.17, 15) is 9.59 Å². The molecule has 2 rings (SSSR count). The van der Waals surface area contributed by atoms with Gasteiger partial charge in [0.05, 0.1) is 25.3 Å². The Morgan fingerprint density at radius 2 is 1.79 bits per heavy atom. The molecule has 2 aromatic rings. The summed E-state index contributed by atoms with van der Waals surface area (Å²) in [6, 6.07) is 6.19. The van der Waals surface area contributed by atoms with Crippen molar-refractivity contribution in [3.05, 3.63) is 40.5 Å². The van der Waals surface area contributed by atoms with E-state index in [1.165, 1.54) is 20.3 Å². The van der Waals surface area contributed by atoms with Crippen LogP contribution in [0.2, 0.25) is 5.02 Å². The Morgan fingerprint density at radius 1 is 1.11 bits per heavy atom. The Balaban J connectivity index is 2.76. The van der Waals surface area contributed by atoms with Crippen molar-refractivity contribution in [2.24, 2.45) is 0 Å². The molecule has 0 radical (unpaired) electrons. The molecule has 1 aromatic carbocycles. The van der Waals surface area contributed by atoms with Crippen molar-refractivity contribution in [2.75, 3.05) is 14.2 Å². The number of benzene rings is 1. The smallest absolute Gasteiger partial charge is 0.356 e. The van der Waals surface area contributed by atoms with E-state index in [4.69, 9.17) is 16.3 Å². The van der Waals surface area contributed by atoms with Crippen LogP contribution in [0, 0.1) is 0 Å². The minimum absolute atomic E-state index is 0.0256. The van der Waals surface area contributed by atoms with E-state index in [2.05, 4.69) is 9.72 Å². The van der Waals surface area contributed by atoms with Crippen LogP contribution in [0.25, 0.3) is 10.9 Å². The molecule has 0 fully saturated rings. The van der Waals surface area contributed by atoms with Crippen molar-refractivity contribution in [1.29, 1.82) is 0 Å². The first-order valence-electron chi connectivity index (χ1n) is 5.33. The summed E-state index contributed by atoms with van der Waals surface area (Å²) < 4.78 is 9.29. The average molecular weight is 280 g/mol. The van der Waals surface area contributed by atoms with Crippen molar-refractivity contribution in [1.82, 2.24) is 4.98 Å². The minimum atomic E-state index is -0.632. The van der Waals surface area contributed by atoms with Crippen LogP contribution < -0.4 is 0 Å². The van der Waals surface area contributed by atoms with Gasteiger partial charge in [-0.2, -0.15) is 0 Å². The first-order valence-corrected chi connectivity index (χ1v) is 5.71. The quantitative estimate of drug-likeness (QED) is 0.790. The molecule has 0 aliphatic heterocycles. The molecule has 98 valence electrons. The number of halogens is 1. The highest BCUT2D eigenvalue weighted by atomic mass is 35.5. The number of fused-ring (bicyclic) bond motifs is 1. The molecule has 0 saturated heterocycles. The van der Waals surface area contributed by atoms with E-state index in [0.717, 1.165) is 0 Å². The van der Waals surface area contributed by atoms with E-state index < -0.39 is 11.9 Å². The number of methoxy groups -OCH3 is 2. The Hall–Kier alpha value is -2.14. The highest BCUT2D eigenvalue weighted by molar-refractivity contribution is 6.31. The predicted octanol–water partition coefficient (Wildman–Crippen LogP) is 2.46. The molecular weight excluding hydrogens is 270 g/mol. The molecule has 0 aliphatic rings. The number of nitrogens with zero attached hydrogens (tertiary/aromatic N) is 1. The molecule has 1 heterocycles. The summed E-state index contributed by atoms with van der Waals surface area (Å²) in [5.74, 6) is -1.19. The Morgan fingerprint density at radius 3 is 2.42 bits per heavy atom. The Bertz CT molecular complexity index is 669. The maximum absolute atomic E-state index is 11.7. The minimum Gasteiger partial charge on any atom is -0.465 e. The van der Waals surface area contributed by atoms with Gasteiger partial charge in [-0.3, -0.25) is 0 Å². The van der Waals surface area contributed by atoms with Crippen LogP contribution in [-0.4, -0.2) is 31.1 Å². The van der Waals surface area contributed by atoms with Gasteiger partial charge in [-0.15, -0.1) is 0 Å². The van der Waals surface area contributed by atoms with Crippen molar-refractivity contribution >= 4 is 34.4 Å². The number of ether oxygens (including phenoxy) is 2. The van der Waals surface area contributed by atoms with Gasteiger partial charge in [-0.25, -0.2) is 14.6 Å². The SMILES string of the molecule is COC(=O)c1cc(C(=O)OC)c2ccc(Cl)cc2n1. The molecule has 0 atom stereocenters. The fourth-order valence-electron chi connectivity index (χ4n) is 1.69. The summed E-state index contributed by atoms with van der Waals surface area (Å²) in [6.45, 7) is 0. The highest BCUT2D eigenvalue weighted by Gasteiger charge is 2.17. The molecule has 0 N–H and O–H groups in total. The zero-order valence-electron chi connectivity index (χ0n) is 10.3. The Kier molecular flexibility index (Phi) is 3.66. The van der Waals surface area contributed by atoms with Crippen molar-refractivity contribution < 1.29 is 19.1 Å². The van der Waals surface area contributed by atoms with Gasteiger partial charge in [0.25, 0.3) is 0 Å². The number of hydrogen-bond acceptors (Lipinski definition) is 5. The zero-order valence-corrected chi connectivity index (χ0v) is 11.0. The lowest BCUT2D eigenvalue weighted by Gasteiger charge is -2.07. The first kappa shape index (κ1) is 13.3. The topological polar surface area (TPSA) is 65.5 Å². The number of pyridine rings is 1. The molecular formula is C13H10ClNO4. The lowest BCUT2D eigenvalue weighted by atomic mass is 10.1. The number of hydrogen-bond donors (Lipinski definition) is 0. The summed E-state index contributed by atoms with van der Waals surface area (Å²) in [6.07, 6.45) is 0.